The van der Waals surface area contributed by atoms with Gasteiger partial charge in [0.25, 0.3) is 5.91 Å². The molecule has 0 saturated carbocycles. The van der Waals surface area contributed by atoms with E-state index in [0.29, 0.717) is 40.7 Å². The summed E-state index contributed by atoms with van der Waals surface area (Å²) in [5.41, 5.74) is 3.91. The third-order valence-electron chi connectivity index (χ3n) is 6.54. The first-order valence-corrected chi connectivity index (χ1v) is 12.1. The van der Waals surface area contributed by atoms with Crippen molar-refractivity contribution < 1.29 is 28.5 Å². The molecule has 1 amide bonds. The van der Waals surface area contributed by atoms with Crippen LogP contribution in [-0.2, 0) is 0 Å². The van der Waals surface area contributed by atoms with Gasteiger partial charge in [-0.25, -0.2) is 5.01 Å². The molecule has 3 aromatic rings. The first-order chi connectivity index (χ1) is 18.3. The molecule has 38 heavy (non-hydrogen) atoms. The lowest BCUT2D eigenvalue weighted by Gasteiger charge is -2.23. The van der Waals surface area contributed by atoms with Gasteiger partial charge in [-0.2, -0.15) is 5.10 Å². The van der Waals surface area contributed by atoms with Gasteiger partial charge in [-0.3, -0.25) is 4.79 Å². The summed E-state index contributed by atoms with van der Waals surface area (Å²) in [5.74, 6) is 2.19. The highest BCUT2D eigenvalue weighted by atomic mass is 16.5. The van der Waals surface area contributed by atoms with Crippen molar-refractivity contribution in [2.45, 2.75) is 12.5 Å². The van der Waals surface area contributed by atoms with Crippen molar-refractivity contribution in [3.8, 4) is 28.7 Å². The predicted molar refractivity (Wildman–Crippen MR) is 146 cm³/mol. The van der Waals surface area contributed by atoms with Crippen molar-refractivity contribution >= 4 is 17.3 Å². The fraction of sp³-hybridized carbons (Fsp3) is 0.310. The van der Waals surface area contributed by atoms with Crippen LogP contribution in [0.4, 0.5) is 5.69 Å². The minimum atomic E-state index is -0.334. The maximum atomic E-state index is 14.0. The lowest BCUT2D eigenvalue weighted by atomic mass is 9.97. The van der Waals surface area contributed by atoms with Crippen LogP contribution in [0.25, 0.3) is 0 Å². The van der Waals surface area contributed by atoms with Crippen LogP contribution in [0.15, 0.2) is 59.7 Å². The maximum Gasteiger partial charge on any atom is 0.274 e. The third kappa shape index (κ3) is 5.04. The summed E-state index contributed by atoms with van der Waals surface area (Å²) in [5, 5.41) is 6.34. The molecule has 1 aliphatic heterocycles. The van der Waals surface area contributed by atoms with E-state index in [0.717, 1.165) is 22.5 Å². The summed E-state index contributed by atoms with van der Waals surface area (Å²) >= 11 is 0. The first-order valence-electron chi connectivity index (χ1n) is 12.1. The van der Waals surface area contributed by atoms with E-state index in [2.05, 4.69) is 0 Å². The highest BCUT2D eigenvalue weighted by molar-refractivity contribution is 6.07. The highest BCUT2D eigenvalue weighted by Crippen LogP contribution is 2.41. The van der Waals surface area contributed by atoms with Crippen molar-refractivity contribution in [1.82, 2.24) is 5.01 Å². The van der Waals surface area contributed by atoms with Gasteiger partial charge in [0.2, 0.25) is 5.75 Å². The predicted octanol–water partition coefficient (Wildman–Crippen LogP) is 4.79. The largest absolute Gasteiger partial charge is 0.497 e. The number of carbonyl (C=O) groups excluding carboxylic acids is 1. The fourth-order valence-electron chi connectivity index (χ4n) is 4.49. The Morgan fingerprint density at radius 2 is 1.45 bits per heavy atom. The molecular formula is C29H33N3O6. The molecule has 0 N–H and O–H groups in total. The molecular weight excluding hydrogens is 486 g/mol. The van der Waals surface area contributed by atoms with Crippen LogP contribution in [0, 0.1) is 0 Å². The maximum absolute atomic E-state index is 14.0. The second-order valence-corrected chi connectivity index (χ2v) is 8.88. The Morgan fingerprint density at radius 1 is 0.816 bits per heavy atom. The molecule has 9 nitrogen and oxygen atoms in total. The van der Waals surface area contributed by atoms with Gasteiger partial charge < -0.3 is 28.6 Å². The lowest BCUT2D eigenvalue weighted by Crippen LogP contribution is -2.27. The van der Waals surface area contributed by atoms with Gasteiger partial charge in [0.15, 0.2) is 11.5 Å². The Hall–Kier alpha value is -4.40. The molecule has 0 bridgehead atoms. The fourth-order valence-corrected chi connectivity index (χ4v) is 4.49. The van der Waals surface area contributed by atoms with E-state index in [1.807, 2.05) is 61.5 Å². The number of rotatable bonds is 9. The van der Waals surface area contributed by atoms with E-state index < -0.39 is 0 Å². The van der Waals surface area contributed by atoms with Gasteiger partial charge in [0, 0.05) is 43.4 Å². The Bertz CT molecular complexity index is 1310. The zero-order valence-electron chi connectivity index (χ0n) is 22.8. The zero-order chi connectivity index (χ0) is 27.4. The number of nitrogens with zero attached hydrogens (tertiary/aromatic N) is 3. The van der Waals surface area contributed by atoms with Gasteiger partial charge in [0.05, 0.1) is 47.3 Å². The van der Waals surface area contributed by atoms with Gasteiger partial charge in [-0.05, 0) is 42.0 Å². The second kappa shape index (κ2) is 11.3. The monoisotopic (exact) mass is 519 g/mol. The Labute approximate surface area is 223 Å². The van der Waals surface area contributed by atoms with E-state index in [-0.39, 0.29) is 11.9 Å². The van der Waals surface area contributed by atoms with E-state index in [4.69, 9.17) is 28.8 Å². The average molecular weight is 520 g/mol. The number of anilines is 1. The molecule has 0 saturated heterocycles. The number of amides is 1. The highest BCUT2D eigenvalue weighted by Gasteiger charge is 2.35. The summed E-state index contributed by atoms with van der Waals surface area (Å²) in [6, 6.07) is 16.6. The molecule has 0 fully saturated rings. The number of methoxy groups -OCH3 is 5. The number of carbonyl (C=O) groups is 1. The third-order valence-corrected chi connectivity index (χ3v) is 6.54. The number of ether oxygens (including phenoxy) is 5. The van der Waals surface area contributed by atoms with Gasteiger partial charge in [-0.15, -0.1) is 0 Å². The van der Waals surface area contributed by atoms with Crippen molar-refractivity contribution in [3.63, 3.8) is 0 Å². The molecule has 1 heterocycles. The van der Waals surface area contributed by atoms with Crippen LogP contribution in [0.3, 0.4) is 0 Å². The summed E-state index contributed by atoms with van der Waals surface area (Å²) in [4.78, 5) is 16.0. The lowest BCUT2D eigenvalue weighted by molar-refractivity contribution is 0.0710. The van der Waals surface area contributed by atoms with Crippen LogP contribution in [0.2, 0.25) is 0 Å². The van der Waals surface area contributed by atoms with Crippen LogP contribution in [0.5, 0.6) is 28.7 Å². The van der Waals surface area contributed by atoms with Crippen molar-refractivity contribution in [2.75, 3.05) is 54.5 Å². The summed E-state index contributed by atoms with van der Waals surface area (Å²) < 4.78 is 27.4. The number of hydrazone groups is 1. The Morgan fingerprint density at radius 3 is 1.97 bits per heavy atom. The molecule has 9 heteroatoms. The van der Waals surface area contributed by atoms with Gasteiger partial charge in [-0.1, -0.05) is 12.1 Å². The van der Waals surface area contributed by atoms with Gasteiger partial charge in [0.1, 0.15) is 11.5 Å². The molecule has 3 aromatic carbocycles. The van der Waals surface area contributed by atoms with Crippen molar-refractivity contribution in [2.24, 2.45) is 5.10 Å². The first kappa shape index (κ1) is 26.7. The minimum absolute atomic E-state index is 0.298. The normalized spacial score (nSPS) is 14.6. The van der Waals surface area contributed by atoms with E-state index in [1.54, 1.807) is 26.4 Å². The summed E-state index contributed by atoms with van der Waals surface area (Å²) in [6.45, 7) is 0. The second-order valence-electron chi connectivity index (χ2n) is 8.88. The summed E-state index contributed by atoms with van der Waals surface area (Å²) in [6.07, 6.45) is 0.500. The Balaban J connectivity index is 1.80. The standard InChI is InChI=1S/C29H33N3O6/c1-31(2)20-10-8-18(9-11-20)24-17-23(22-13-12-21(34-3)16-25(22)35-4)30-32(24)29(33)19-14-26(36-5)28(38-7)27(15-19)37-6/h8-16,24H,17H2,1-7H3. The van der Waals surface area contributed by atoms with E-state index in [1.165, 1.54) is 26.3 Å². The number of benzene rings is 3. The van der Waals surface area contributed by atoms with E-state index >= 15 is 0 Å². The van der Waals surface area contributed by atoms with E-state index in [9.17, 15) is 4.79 Å². The molecule has 1 aliphatic rings. The molecule has 0 radical (unpaired) electrons. The van der Waals surface area contributed by atoms with Crippen molar-refractivity contribution in [3.05, 3.63) is 71.3 Å². The van der Waals surface area contributed by atoms with Crippen LogP contribution in [-0.4, -0.2) is 66.3 Å². The summed E-state index contributed by atoms with van der Waals surface area (Å²) in [7, 11) is 11.7. The molecule has 0 aliphatic carbocycles. The average Bonchev–Trinajstić information content (AvgIpc) is 3.40. The Kier molecular flexibility index (Phi) is 7.95. The molecule has 4 rings (SSSR count). The molecule has 1 unspecified atom stereocenters. The zero-order valence-corrected chi connectivity index (χ0v) is 22.8. The smallest absolute Gasteiger partial charge is 0.274 e. The van der Waals surface area contributed by atoms with Crippen LogP contribution < -0.4 is 28.6 Å². The molecule has 0 spiro atoms. The SMILES string of the molecule is COc1ccc(C2=NN(C(=O)c3cc(OC)c(OC)c(OC)c3)C(c3ccc(N(C)C)cc3)C2)c(OC)c1. The number of hydrogen-bond acceptors (Lipinski definition) is 8. The van der Waals surface area contributed by atoms with Gasteiger partial charge >= 0.3 is 0 Å². The van der Waals surface area contributed by atoms with Crippen LogP contribution in [0.1, 0.15) is 33.9 Å². The minimum Gasteiger partial charge on any atom is -0.497 e. The quantitative estimate of drug-likeness (QED) is 0.402. The molecule has 200 valence electrons. The topological polar surface area (TPSA) is 82.1 Å². The molecule has 1 atom stereocenters. The number of hydrogen-bond donors (Lipinski definition) is 0. The van der Waals surface area contributed by atoms with Crippen LogP contribution >= 0.6 is 0 Å². The molecule has 0 aromatic heterocycles. The van der Waals surface area contributed by atoms with Crippen molar-refractivity contribution in [1.29, 1.82) is 0 Å².